The fourth-order valence-corrected chi connectivity index (χ4v) is 2.87. The summed E-state index contributed by atoms with van der Waals surface area (Å²) in [4.78, 5) is 0. The summed E-state index contributed by atoms with van der Waals surface area (Å²) in [5, 5.41) is 0. The van der Waals surface area contributed by atoms with Gasteiger partial charge in [0.15, 0.2) is 0 Å². The molecular formula is C17H36O. The third-order valence-corrected chi connectivity index (χ3v) is 4.24. The number of ether oxygens (including phenoxy) is 1. The van der Waals surface area contributed by atoms with E-state index >= 15 is 0 Å². The van der Waals surface area contributed by atoms with Gasteiger partial charge in [-0.25, -0.2) is 0 Å². The summed E-state index contributed by atoms with van der Waals surface area (Å²) in [6.07, 6.45) is 9.40. The standard InChI is InChI=1S/C10H20.C7H16O/c1-4-9-6-8(3)10(5-2)7-9;1-3-5-7-8-6-4-2/h8-10H,4-7H2,1-3H3;3-7H2,1-2H3. The zero-order valence-corrected chi connectivity index (χ0v) is 13.5. The molecule has 1 aliphatic carbocycles. The minimum Gasteiger partial charge on any atom is -0.381 e. The number of hydrogen-bond donors (Lipinski definition) is 0. The molecular weight excluding hydrogens is 220 g/mol. The Morgan fingerprint density at radius 2 is 1.61 bits per heavy atom. The molecule has 3 atom stereocenters. The highest BCUT2D eigenvalue weighted by molar-refractivity contribution is 4.79. The van der Waals surface area contributed by atoms with Gasteiger partial charge >= 0.3 is 0 Å². The molecule has 0 radical (unpaired) electrons. The van der Waals surface area contributed by atoms with Crippen LogP contribution >= 0.6 is 0 Å². The molecule has 1 aliphatic rings. The summed E-state index contributed by atoms with van der Waals surface area (Å²) in [6, 6.07) is 0. The zero-order valence-electron chi connectivity index (χ0n) is 13.5. The molecule has 0 aromatic rings. The van der Waals surface area contributed by atoms with Gasteiger partial charge in [-0.05, 0) is 43.4 Å². The normalized spacial score (nSPS) is 26.8. The van der Waals surface area contributed by atoms with E-state index in [0.717, 1.165) is 37.4 Å². The quantitative estimate of drug-likeness (QED) is 0.532. The summed E-state index contributed by atoms with van der Waals surface area (Å²) in [7, 11) is 0. The Hall–Kier alpha value is -0.0400. The van der Waals surface area contributed by atoms with Crippen LogP contribution in [0.2, 0.25) is 0 Å². The molecule has 0 N–H and O–H groups in total. The molecule has 1 rings (SSSR count). The fraction of sp³-hybridized carbons (Fsp3) is 1.00. The molecule has 0 bridgehead atoms. The molecule has 0 heterocycles. The summed E-state index contributed by atoms with van der Waals surface area (Å²) < 4.78 is 5.22. The van der Waals surface area contributed by atoms with E-state index in [2.05, 4.69) is 34.6 Å². The molecule has 0 aromatic carbocycles. The largest absolute Gasteiger partial charge is 0.381 e. The van der Waals surface area contributed by atoms with E-state index < -0.39 is 0 Å². The van der Waals surface area contributed by atoms with Crippen LogP contribution < -0.4 is 0 Å². The van der Waals surface area contributed by atoms with Crippen molar-refractivity contribution in [2.24, 2.45) is 17.8 Å². The highest BCUT2D eigenvalue weighted by Gasteiger charge is 2.28. The summed E-state index contributed by atoms with van der Waals surface area (Å²) in [5.74, 6) is 3.11. The average molecular weight is 256 g/mol. The van der Waals surface area contributed by atoms with Crippen molar-refractivity contribution in [3.8, 4) is 0 Å². The van der Waals surface area contributed by atoms with Gasteiger partial charge in [0.25, 0.3) is 0 Å². The van der Waals surface area contributed by atoms with E-state index in [-0.39, 0.29) is 0 Å². The maximum atomic E-state index is 5.22. The molecule has 1 heteroatoms. The molecule has 0 aromatic heterocycles. The first-order valence-corrected chi connectivity index (χ1v) is 8.27. The zero-order chi connectivity index (χ0) is 13.8. The van der Waals surface area contributed by atoms with Crippen molar-refractivity contribution in [2.75, 3.05) is 13.2 Å². The minimum absolute atomic E-state index is 0.931. The van der Waals surface area contributed by atoms with E-state index in [4.69, 9.17) is 4.74 Å². The Morgan fingerprint density at radius 1 is 0.889 bits per heavy atom. The lowest BCUT2D eigenvalue weighted by molar-refractivity contribution is 0.132. The van der Waals surface area contributed by atoms with Gasteiger partial charge in [0, 0.05) is 13.2 Å². The molecule has 0 saturated heterocycles. The van der Waals surface area contributed by atoms with Crippen LogP contribution in [-0.4, -0.2) is 13.2 Å². The topological polar surface area (TPSA) is 9.23 Å². The second-order valence-electron chi connectivity index (χ2n) is 5.86. The van der Waals surface area contributed by atoms with Crippen molar-refractivity contribution < 1.29 is 4.74 Å². The third-order valence-electron chi connectivity index (χ3n) is 4.24. The van der Waals surface area contributed by atoms with E-state index in [1.54, 1.807) is 0 Å². The lowest BCUT2D eigenvalue weighted by atomic mass is 9.96. The Labute approximate surface area is 116 Å². The second kappa shape index (κ2) is 12.0. The van der Waals surface area contributed by atoms with Crippen LogP contribution in [0.4, 0.5) is 0 Å². The Kier molecular flexibility index (Phi) is 12.0. The van der Waals surface area contributed by atoms with Crippen LogP contribution in [0, 0.1) is 17.8 Å². The maximum absolute atomic E-state index is 5.22. The second-order valence-corrected chi connectivity index (χ2v) is 5.86. The van der Waals surface area contributed by atoms with Crippen molar-refractivity contribution in [3.63, 3.8) is 0 Å². The van der Waals surface area contributed by atoms with Crippen molar-refractivity contribution in [2.45, 2.75) is 79.6 Å². The van der Waals surface area contributed by atoms with E-state index in [1.165, 1.54) is 38.5 Å². The van der Waals surface area contributed by atoms with Gasteiger partial charge in [0.05, 0.1) is 0 Å². The van der Waals surface area contributed by atoms with Crippen LogP contribution in [0.3, 0.4) is 0 Å². The average Bonchev–Trinajstić information content (AvgIpc) is 2.76. The highest BCUT2D eigenvalue weighted by atomic mass is 16.5. The number of unbranched alkanes of at least 4 members (excludes halogenated alkanes) is 1. The Balaban J connectivity index is 0.000000331. The molecule has 0 spiro atoms. The van der Waals surface area contributed by atoms with Crippen molar-refractivity contribution in [1.82, 2.24) is 0 Å². The predicted molar refractivity (Wildman–Crippen MR) is 82.0 cm³/mol. The SMILES string of the molecule is CCC1CC(C)C(CC)C1.CCCCOCCC. The van der Waals surface area contributed by atoms with Crippen LogP contribution in [0.5, 0.6) is 0 Å². The lowest BCUT2D eigenvalue weighted by Crippen LogP contribution is -2.00. The van der Waals surface area contributed by atoms with E-state index in [0.29, 0.717) is 0 Å². The summed E-state index contributed by atoms with van der Waals surface area (Å²) >= 11 is 0. The third kappa shape index (κ3) is 8.13. The molecule has 110 valence electrons. The van der Waals surface area contributed by atoms with E-state index in [1.807, 2.05) is 0 Å². The van der Waals surface area contributed by atoms with Crippen molar-refractivity contribution in [1.29, 1.82) is 0 Å². The number of hydrogen-bond acceptors (Lipinski definition) is 1. The van der Waals surface area contributed by atoms with Crippen LogP contribution in [0.15, 0.2) is 0 Å². The molecule has 1 nitrogen and oxygen atoms in total. The van der Waals surface area contributed by atoms with Gasteiger partial charge < -0.3 is 4.74 Å². The molecule has 18 heavy (non-hydrogen) atoms. The van der Waals surface area contributed by atoms with Gasteiger partial charge in [0.2, 0.25) is 0 Å². The van der Waals surface area contributed by atoms with Crippen LogP contribution in [0.1, 0.15) is 79.6 Å². The smallest absolute Gasteiger partial charge is 0.0465 e. The first kappa shape index (κ1) is 18.0. The van der Waals surface area contributed by atoms with Gasteiger partial charge in [-0.2, -0.15) is 0 Å². The lowest BCUT2D eigenvalue weighted by Gasteiger charge is -2.10. The first-order valence-electron chi connectivity index (χ1n) is 8.27. The minimum atomic E-state index is 0.931. The molecule has 0 amide bonds. The van der Waals surface area contributed by atoms with Gasteiger partial charge in [0.1, 0.15) is 0 Å². The fourth-order valence-electron chi connectivity index (χ4n) is 2.87. The molecule has 1 fully saturated rings. The van der Waals surface area contributed by atoms with Crippen LogP contribution in [0.25, 0.3) is 0 Å². The number of rotatable bonds is 7. The molecule has 0 aliphatic heterocycles. The monoisotopic (exact) mass is 256 g/mol. The molecule has 1 saturated carbocycles. The van der Waals surface area contributed by atoms with Crippen molar-refractivity contribution >= 4 is 0 Å². The van der Waals surface area contributed by atoms with Crippen LogP contribution in [-0.2, 0) is 4.74 Å². The van der Waals surface area contributed by atoms with Crippen molar-refractivity contribution in [3.05, 3.63) is 0 Å². The van der Waals surface area contributed by atoms with Gasteiger partial charge in [-0.15, -0.1) is 0 Å². The maximum Gasteiger partial charge on any atom is 0.0465 e. The Morgan fingerprint density at radius 3 is 2.00 bits per heavy atom. The highest BCUT2D eigenvalue weighted by Crippen LogP contribution is 2.39. The first-order chi connectivity index (χ1) is 8.69. The van der Waals surface area contributed by atoms with E-state index in [9.17, 15) is 0 Å². The molecule has 3 unspecified atom stereocenters. The predicted octanol–water partition coefficient (Wildman–Crippen LogP) is 5.68. The summed E-state index contributed by atoms with van der Waals surface area (Å²) in [5.41, 5.74) is 0. The summed E-state index contributed by atoms with van der Waals surface area (Å²) in [6.45, 7) is 13.3. The Bertz CT molecular complexity index is 161. The van der Waals surface area contributed by atoms with Gasteiger partial charge in [-0.1, -0.05) is 53.9 Å². The van der Waals surface area contributed by atoms with Gasteiger partial charge in [-0.3, -0.25) is 0 Å².